The third kappa shape index (κ3) is 2.85. The maximum Gasteiger partial charge on any atom is 0.299 e. The van der Waals surface area contributed by atoms with Gasteiger partial charge in [0.05, 0.1) is 15.9 Å². The lowest BCUT2D eigenvalue weighted by atomic mass is 9.98. The van der Waals surface area contributed by atoms with Gasteiger partial charge in [-0.15, -0.1) is 0 Å². The zero-order chi connectivity index (χ0) is 14.7. The van der Waals surface area contributed by atoms with E-state index in [1.165, 1.54) is 12.1 Å². The highest BCUT2D eigenvalue weighted by atomic mass is 16.6. The van der Waals surface area contributed by atoms with Crippen molar-refractivity contribution < 1.29 is 15.0 Å². The van der Waals surface area contributed by atoms with Crippen LogP contribution in [-0.4, -0.2) is 34.6 Å². The van der Waals surface area contributed by atoms with Crippen molar-refractivity contribution in [1.29, 1.82) is 0 Å². The van der Waals surface area contributed by atoms with Gasteiger partial charge in [-0.3, -0.25) is 20.2 Å². The van der Waals surface area contributed by atoms with Gasteiger partial charge in [0.2, 0.25) is 0 Å². The fourth-order valence-electron chi connectivity index (χ4n) is 2.47. The molecule has 2 rings (SSSR count). The quantitative estimate of drug-likeness (QED) is 0.664. The van der Waals surface area contributed by atoms with Gasteiger partial charge in [0.25, 0.3) is 11.4 Å². The molecule has 0 unspecified atom stereocenters. The predicted molar refractivity (Wildman–Crippen MR) is 71.8 cm³/mol. The largest absolute Gasteiger partial charge is 0.396 e. The van der Waals surface area contributed by atoms with Crippen molar-refractivity contribution in [1.82, 2.24) is 0 Å². The summed E-state index contributed by atoms with van der Waals surface area (Å²) in [6.45, 7) is 1.21. The van der Waals surface area contributed by atoms with E-state index in [2.05, 4.69) is 0 Å². The van der Waals surface area contributed by atoms with Crippen LogP contribution in [0.4, 0.5) is 17.1 Å². The van der Waals surface area contributed by atoms with Crippen LogP contribution in [0.1, 0.15) is 12.8 Å². The molecule has 1 aliphatic rings. The van der Waals surface area contributed by atoms with Crippen LogP contribution in [0.15, 0.2) is 18.2 Å². The van der Waals surface area contributed by atoms with Crippen LogP contribution >= 0.6 is 0 Å². The molecular weight excluding hydrogens is 266 g/mol. The van der Waals surface area contributed by atoms with Gasteiger partial charge in [-0.1, -0.05) is 0 Å². The van der Waals surface area contributed by atoms with Crippen LogP contribution in [0.5, 0.6) is 0 Å². The zero-order valence-corrected chi connectivity index (χ0v) is 10.8. The van der Waals surface area contributed by atoms with E-state index in [1.807, 2.05) is 4.90 Å². The topological polar surface area (TPSA) is 110 Å². The lowest BCUT2D eigenvalue weighted by molar-refractivity contribution is -0.393. The Labute approximate surface area is 114 Å². The van der Waals surface area contributed by atoms with Gasteiger partial charge in [-0.05, 0) is 24.8 Å². The van der Waals surface area contributed by atoms with Gasteiger partial charge in [-0.25, -0.2) is 0 Å². The number of piperidine rings is 1. The molecule has 108 valence electrons. The summed E-state index contributed by atoms with van der Waals surface area (Å²) in [7, 11) is 0. The Morgan fingerprint density at radius 1 is 1.30 bits per heavy atom. The highest BCUT2D eigenvalue weighted by molar-refractivity contribution is 5.67. The average Bonchev–Trinajstić information content (AvgIpc) is 2.46. The van der Waals surface area contributed by atoms with Crippen LogP contribution in [0, 0.1) is 26.1 Å². The number of anilines is 1. The summed E-state index contributed by atoms with van der Waals surface area (Å²) in [4.78, 5) is 22.4. The number of hydrogen-bond acceptors (Lipinski definition) is 6. The van der Waals surface area contributed by atoms with Gasteiger partial charge in [0.1, 0.15) is 5.69 Å². The summed E-state index contributed by atoms with van der Waals surface area (Å²) >= 11 is 0. The summed E-state index contributed by atoms with van der Waals surface area (Å²) in [6, 6.07) is 3.67. The van der Waals surface area contributed by atoms with Crippen molar-refractivity contribution in [3.05, 3.63) is 38.4 Å². The molecule has 0 aliphatic carbocycles. The van der Waals surface area contributed by atoms with Crippen molar-refractivity contribution in [3.63, 3.8) is 0 Å². The van der Waals surface area contributed by atoms with E-state index in [9.17, 15) is 25.3 Å². The van der Waals surface area contributed by atoms with E-state index in [1.54, 1.807) is 0 Å². The minimum Gasteiger partial charge on any atom is -0.396 e. The number of aliphatic hydroxyl groups is 1. The van der Waals surface area contributed by atoms with Gasteiger partial charge in [-0.2, -0.15) is 0 Å². The van der Waals surface area contributed by atoms with Crippen LogP contribution in [-0.2, 0) is 0 Å². The number of hydrogen-bond donors (Lipinski definition) is 1. The summed E-state index contributed by atoms with van der Waals surface area (Å²) in [6.07, 6.45) is 1.72. The maximum absolute atomic E-state index is 11.1. The van der Waals surface area contributed by atoms with Crippen molar-refractivity contribution in [2.45, 2.75) is 12.8 Å². The molecule has 8 heteroatoms. The van der Waals surface area contributed by atoms with E-state index >= 15 is 0 Å². The normalized spacial score (nSPS) is 18.9. The second-order valence-corrected chi connectivity index (χ2v) is 4.82. The lowest BCUT2D eigenvalue weighted by Gasteiger charge is -2.33. The molecule has 1 saturated heterocycles. The molecule has 1 fully saturated rings. The zero-order valence-electron chi connectivity index (χ0n) is 10.8. The molecule has 0 amide bonds. The highest BCUT2D eigenvalue weighted by Gasteiger charge is 2.27. The number of nitro groups is 2. The van der Waals surface area contributed by atoms with E-state index in [0.717, 1.165) is 18.9 Å². The number of nitro benzene ring substituents is 2. The Morgan fingerprint density at radius 2 is 2.05 bits per heavy atom. The first kappa shape index (κ1) is 14.2. The second-order valence-electron chi connectivity index (χ2n) is 4.82. The molecule has 0 bridgehead atoms. The standard InChI is InChI=1S/C12H15N3O5/c16-8-9-2-1-5-13(7-9)11-4-3-10(14(17)18)6-12(11)15(19)20/h3-4,6,9,16H,1-2,5,7-8H2/t9-/m0/s1. The minimum absolute atomic E-state index is 0.0390. The lowest BCUT2D eigenvalue weighted by Crippen LogP contribution is -2.37. The molecule has 0 radical (unpaired) electrons. The molecule has 1 aromatic rings. The van der Waals surface area contributed by atoms with Crippen LogP contribution in [0.25, 0.3) is 0 Å². The van der Waals surface area contributed by atoms with Crippen molar-refractivity contribution in [2.24, 2.45) is 5.92 Å². The Morgan fingerprint density at radius 3 is 2.65 bits per heavy atom. The van der Waals surface area contributed by atoms with E-state index < -0.39 is 9.85 Å². The van der Waals surface area contributed by atoms with Crippen molar-refractivity contribution >= 4 is 17.1 Å². The molecule has 1 atom stereocenters. The summed E-state index contributed by atoms with van der Waals surface area (Å²) in [5.41, 5.74) is -0.187. The molecule has 8 nitrogen and oxygen atoms in total. The number of non-ortho nitro benzene ring substituents is 1. The predicted octanol–water partition coefficient (Wildman–Crippen LogP) is 1.71. The molecule has 20 heavy (non-hydrogen) atoms. The summed E-state index contributed by atoms with van der Waals surface area (Å²) < 4.78 is 0. The van der Waals surface area contributed by atoms with Gasteiger partial charge in [0, 0.05) is 25.8 Å². The molecule has 1 heterocycles. The Bertz CT molecular complexity index is 534. The maximum atomic E-state index is 11.1. The Kier molecular flexibility index (Phi) is 4.14. The molecule has 1 aromatic carbocycles. The minimum atomic E-state index is -0.649. The fraction of sp³-hybridized carbons (Fsp3) is 0.500. The Hall–Kier alpha value is -2.22. The molecular formula is C12H15N3O5. The fourth-order valence-corrected chi connectivity index (χ4v) is 2.47. The molecule has 1 N–H and O–H groups in total. The van der Waals surface area contributed by atoms with Crippen LogP contribution in [0.3, 0.4) is 0 Å². The van der Waals surface area contributed by atoms with Crippen LogP contribution < -0.4 is 4.90 Å². The van der Waals surface area contributed by atoms with Crippen LogP contribution in [0.2, 0.25) is 0 Å². The second kappa shape index (κ2) is 5.83. The average molecular weight is 281 g/mol. The first-order valence-electron chi connectivity index (χ1n) is 6.31. The van der Waals surface area contributed by atoms with E-state index in [-0.39, 0.29) is 23.9 Å². The number of nitrogens with zero attached hydrogens (tertiary/aromatic N) is 3. The molecule has 0 saturated carbocycles. The smallest absolute Gasteiger partial charge is 0.299 e. The number of benzene rings is 1. The monoisotopic (exact) mass is 281 g/mol. The third-order valence-corrected chi connectivity index (χ3v) is 3.48. The highest BCUT2D eigenvalue weighted by Crippen LogP contribution is 2.34. The number of rotatable bonds is 4. The molecule has 0 spiro atoms. The van der Waals surface area contributed by atoms with Crippen molar-refractivity contribution in [2.75, 3.05) is 24.6 Å². The molecule has 1 aliphatic heterocycles. The Balaban J connectivity index is 2.35. The van der Waals surface area contributed by atoms with E-state index in [4.69, 9.17) is 0 Å². The third-order valence-electron chi connectivity index (χ3n) is 3.48. The SMILES string of the molecule is O=[N+]([O-])c1ccc(N2CCC[C@H](CO)C2)c([N+](=O)[O-])c1. The summed E-state index contributed by atoms with van der Waals surface area (Å²) in [5.74, 6) is 0.0820. The van der Waals surface area contributed by atoms with Gasteiger partial charge >= 0.3 is 0 Å². The first-order valence-corrected chi connectivity index (χ1v) is 6.31. The van der Waals surface area contributed by atoms with Gasteiger partial charge in [0.15, 0.2) is 0 Å². The molecule has 0 aromatic heterocycles. The summed E-state index contributed by atoms with van der Waals surface area (Å²) in [5, 5.41) is 31.0. The van der Waals surface area contributed by atoms with Crippen molar-refractivity contribution in [3.8, 4) is 0 Å². The van der Waals surface area contributed by atoms with Gasteiger partial charge < -0.3 is 10.0 Å². The number of aliphatic hydroxyl groups excluding tert-OH is 1. The first-order chi connectivity index (χ1) is 9.52. The van der Waals surface area contributed by atoms with E-state index in [0.29, 0.717) is 18.8 Å².